The topological polar surface area (TPSA) is 74.8 Å². The van der Waals surface area contributed by atoms with Crippen molar-refractivity contribution in [3.8, 4) is 0 Å². The number of hydrogen-bond acceptors (Lipinski definition) is 4. The van der Waals surface area contributed by atoms with E-state index >= 15 is 0 Å². The van der Waals surface area contributed by atoms with Gasteiger partial charge in [0.05, 0.1) is 4.90 Å². The fourth-order valence-electron chi connectivity index (χ4n) is 3.02. The van der Waals surface area contributed by atoms with E-state index in [-0.39, 0.29) is 29.7 Å². The molecule has 27 heavy (non-hydrogen) atoms. The summed E-state index contributed by atoms with van der Waals surface area (Å²) < 4.78 is 27.0. The number of ketones is 1. The van der Waals surface area contributed by atoms with Crippen LogP contribution < -0.4 is 0 Å². The molecule has 0 aromatic heterocycles. The van der Waals surface area contributed by atoms with Crippen molar-refractivity contribution in [3.63, 3.8) is 0 Å². The summed E-state index contributed by atoms with van der Waals surface area (Å²) >= 11 is 0. The first kappa shape index (κ1) is 19.3. The molecule has 0 atom stereocenters. The van der Waals surface area contributed by atoms with E-state index in [2.05, 4.69) is 0 Å². The quantitative estimate of drug-likeness (QED) is 0.756. The van der Waals surface area contributed by atoms with Crippen molar-refractivity contribution in [2.24, 2.45) is 0 Å². The van der Waals surface area contributed by atoms with E-state index < -0.39 is 10.0 Å². The van der Waals surface area contributed by atoms with Crippen molar-refractivity contribution >= 4 is 21.7 Å². The van der Waals surface area contributed by atoms with E-state index in [9.17, 15) is 18.0 Å². The van der Waals surface area contributed by atoms with Gasteiger partial charge in [-0.1, -0.05) is 29.8 Å². The van der Waals surface area contributed by atoms with E-state index in [1.54, 1.807) is 17.0 Å². The molecule has 0 N–H and O–H groups in total. The number of piperazine rings is 1. The van der Waals surface area contributed by atoms with Crippen LogP contribution in [0.25, 0.3) is 0 Å². The number of sulfonamides is 1. The summed E-state index contributed by atoms with van der Waals surface area (Å²) in [5.74, 6) is -0.194. The van der Waals surface area contributed by atoms with Gasteiger partial charge < -0.3 is 4.90 Å². The second kappa shape index (κ2) is 7.62. The highest BCUT2D eigenvalue weighted by Crippen LogP contribution is 2.19. The van der Waals surface area contributed by atoms with Crippen LogP contribution in [0.4, 0.5) is 0 Å². The Balaban J connectivity index is 1.68. The number of nitrogens with zero attached hydrogens (tertiary/aromatic N) is 2. The maximum absolute atomic E-state index is 12.8. The van der Waals surface area contributed by atoms with Crippen molar-refractivity contribution in [1.82, 2.24) is 9.21 Å². The highest BCUT2D eigenvalue weighted by atomic mass is 32.2. The molecule has 1 aliphatic heterocycles. The van der Waals surface area contributed by atoms with Gasteiger partial charge in [0.15, 0.2) is 5.78 Å². The first-order valence-electron chi connectivity index (χ1n) is 8.76. The first-order chi connectivity index (χ1) is 12.8. The van der Waals surface area contributed by atoms with Gasteiger partial charge in [0.25, 0.3) is 5.91 Å². The Hall–Kier alpha value is -2.51. The molecule has 0 bridgehead atoms. The van der Waals surface area contributed by atoms with Gasteiger partial charge in [-0.25, -0.2) is 8.42 Å². The molecule has 0 saturated carbocycles. The zero-order valence-electron chi connectivity index (χ0n) is 15.4. The zero-order chi connectivity index (χ0) is 19.6. The van der Waals surface area contributed by atoms with Crippen LogP contribution in [0.1, 0.15) is 33.2 Å². The summed E-state index contributed by atoms with van der Waals surface area (Å²) in [6.45, 7) is 4.58. The normalized spacial score (nSPS) is 15.6. The Morgan fingerprint density at radius 2 is 1.33 bits per heavy atom. The maximum Gasteiger partial charge on any atom is 0.253 e. The molecule has 1 aliphatic rings. The van der Waals surface area contributed by atoms with Gasteiger partial charge in [0.1, 0.15) is 0 Å². The Morgan fingerprint density at radius 1 is 0.815 bits per heavy atom. The predicted octanol–water partition coefficient (Wildman–Crippen LogP) is 2.34. The molecule has 0 aliphatic carbocycles. The lowest BCUT2D eigenvalue weighted by Gasteiger charge is -2.34. The molecule has 1 heterocycles. The van der Waals surface area contributed by atoms with E-state index in [0.29, 0.717) is 24.2 Å². The van der Waals surface area contributed by atoms with Crippen LogP contribution in [0.5, 0.6) is 0 Å². The molecule has 0 radical (unpaired) electrons. The van der Waals surface area contributed by atoms with E-state index in [1.807, 2.05) is 19.1 Å². The number of carbonyl (C=O) groups excluding carboxylic acids is 2. The van der Waals surface area contributed by atoms with Crippen molar-refractivity contribution in [1.29, 1.82) is 0 Å². The van der Waals surface area contributed by atoms with Gasteiger partial charge in [-0.3, -0.25) is 9.59 Å². The zero-order valence-corrected chi connectivity index (χ0v) is 16.2. The molecule has 1 fully saturated rings. The van der Waals surface area contributed by atoms with Gasteiger partial charge in [-0.2, -0.15) is 4.31 Å². The number of rotatable bonds is 4. The van der Waals surface area contributed by atoms with Crippen molar-refractivity contribution < 1.29 is 18.0 Å². The lowest BCUT2D eigenvalue weighted by atomic mass is 10.1. The largest absolute Gasteiger partial charge is 0.336 e. The fourth-order valence-corrected chi connectivity index (χ4v) is 4.44. The van der Waals surface area contributed by atoms with Crippen molar-refractivity contribution in [2.45, 2.75) is 18.7 Å². The minimum absolute atomic E-state index is 0.0853. The minimum Gasteiger partial charge on any atom is -0.336 e. The molecule has 6 nitrogen and oxygen atoms in total. The minimum atomic E-state index is -3.64. The summed E-state index contributed by atoms with van der Waals surface area (Å²) in [4.78, 5) is 25.7. The van der Waals surface area contributed by atoms with E-state index in [4.69, 9.17) is 0 Å². The monoisotopic (exact) mass is 386 g/mol. The van der Waals surface area contributed by atoms with Crippen molar-refractivity contribution in [3.05, 3.63) is 65.2 Å². The molecule has 0 unspecified atom stereocenters. The Labute approximate surface area is 159 Å². The summed E-state index contributed by atoms with van der Waals surface area (Å²) in [5.41, 5.74) is 2.16. The molecule has 7 heteroatoms. The number of carbonyl (C=O) groups is 2. The Kier molecular flexibility index (Phi) is 5.43. The molecule has 1 amide bonds. The van der Waals surface area contributed by atoms with Crippen LogP contribution in [-0.4, -0.2) is 55.5 Å². The van der Waals surface area contributed by atoms with E-state index in [0.717, 1.165) is 5.56 Å². The maximum atomic E-state index is 12.8. The molecule has 2 aromatic rings. The number of benzene rings is 2. The number of aryl methyl sites for hydroxylation is 1. The molecule has 0 spiro atoms. The number of Topliss-reactive ketones (excluding diaryl/α,β-unsaturated/α-hetero) is 1. The third-order valence-electron chi connectivity index (χ3n) is 4.72. The summed E-state index contributed by atoms with van der Waals surface area (Å²) in [6.07, 6.45) is 0. The lowest BCUT2D eigenvalue weighted by molar-refractivity contribution is 0.0698. The average molecular weight is 386 g/mol. The van der Waals surface area contributed by atoms with Crippen LogP contribution in [0.3, 0.4) is 0 Å². The Morgan fingerprint density at radius 3 is 1.85 bits per heavy atom. The van der Waals surface area contributed by atoms with Crippen molar-refractivity contribution in [2.75, 3.05) is 26.2 Å². The second-order valence-corrected chi connectivity index (χ2v) is 8.58. The SMILES string of the molecule is CC(=O)c1ccc(S(=O)(=O)N2CCN(C(=O)c3ccc(C)cc3)CC2)cc1. The molecular weight excluding hydrogens is 364 g/mol. The molecular formula is C20H22N2O4S. The van der Waals surface area contributed by atoms with Gasteiger partial charge in [0.2, 0.25) is 10.0 Å². The fraction of sp³-hybridized carbons (Fsp3) is 0.300. The summed E-state index contributed by atoms with van der Waals surface area (Å²) in [7, 11) is -3.64. The van der Waals surface area contributed by atoms with Gasteiger partial charge >= 0.3 is 0 Å². The summed E-state index contributed by atoms with van der Waals surface area (Å²) in [6, 6.07) is 13.3. The molecule has 142 valence electrons. The van der Waals surface area contributed by atoms with Crippen LogP contribution >= 0.6 is 0 Å². The molecule has 3 rings (SSSR count). The van der Waals surface area contributed by atoms with Gasteiger partial charge in [0, 0.05) is 37.3 Å². The van der Waals surface area contributed by atoms with Crippen LogP contribution in [0.15, 0.2) is 53.4 Å². The summed E-state index contributed by atoms with van der Waals surface area (Å²) in [5, 5.41) is 0. The highest BCUT2D eigenvalue weighted by molar-refractivity contribution is 7.89. The molecule has 2 aromatic carbocycles. The predicted molar refractivity (Wildman–Crippen MR) is 102 cm³/mol. The van der Waals surface area contributed by atoms with Crippen LogP contribution in [-0.2, 0) is 10.0 Å². The van der Waals surface area contributed by atoms with Crippen LogP contribution in [0, 0.1) is 6.92 Å². The standard InChI is InChI=1S/C20H22N2O4S/c1-15-3-5-18(6-4-15)20(24)21-11-13-22(14-12-21)27(25,26)19-9-7-17(8-10-19)16(2)23/h3-10H,11-14H2,1-2H3. The Bertz CT molecular complexity index is 942. The third-order valence-corrected chi connectivity index (χ3v) is 6.64. The third kappa shape index (κ3) is 4.09. The lowest BCUT2D eigenvalue weighted by Crippen LogP contribution is -2.50. The van der Waals surface area contributed by atoms with E-state index in [1.165, 1.54) is 35.5 Å². The molecule has 1 saturated heterocycles. The van der Waals surface area contributed by atoms with Crippen LogP contribution in [0.2, 0.25) is 0 Å². The number of amides is 1. The highest BCUT2D eigenvalue weighted by Gasteiger charge is 2.30. The van der Waals surface area contributed by atoms with Gasteiger partial charge in [-0.15, -0.1) is 0 Å². The first-order valence-corrected chi connectivity index (χ1v) is 10.2. The second-order valence-electron chi connectivity index (χ2n) is 6.64. The number of hydrogen-bond donors (Lipinski definition) is 0. The average Bonchev–Trinajstić information content (AvgIpc) is 2.68. The van der Waals surface area contributed by atoms with Gasteiger partial charge in [-0.05, 0) is 38.1 Å². The smallest absolute Gasteiger partial charge is 0.253 e.